The molecule has 0 bridgehead atoms. The van der Waals surface area contributed by atoms with Gasteiger partial charge in [-0.15, -0.1) is 0 Å². The highest BCUT2D eigenvalue weighted by Crippen LogP contribution is 2.30. The number of fused-ring (bicyclic) bond motifs is 1. The molecule has 0 radical (unpaired) electrons. The van der Waals surface area contributed by atoms with Crippen LogP contribution in [0.1, 0.15) is 43.2 Å². The molecule has 0 atom stereocenters. The summed E-state index contributed by atoms with van der Waals surface area (Å²) in [7, 11) is 0. The second-order valence-electron chi connectivity index (χ2n) is 6.11. The molecule has 3 rings (SSSR count). The van der Waals surface area contributed by atoms with Gasteiger partial charge in [-0.2, -0.15) is 0 Å². The molecule has 5 heteroatoms. The maximum Gasteiger partial charge on any atom is 0.406 e. The number of rotatable bonds is 3. The van der Waals surface area contributed by atoms with Crippen molar-refractivity contribution in [2.24, 2.45) is 0 Å². The minimum Gasteiger partial charge on any atom is -0.465 e. The van der Waals surface area contributed by atoms with Crippen molar-refractivity contribution < 1.29 is 9.90 Å². The number of carboxylic acid groups (broad SMARTS) is 1. The Morgan fingerprint density at radius 3 is 2.76 bits per heavy atom. The van der Waals surface area contributed by atoms with Crippen molar-refractivity contribution in [1.82, 2.24) is 10.6 Å². The lowest BCUT2D eigenvalue weighted by Crippen LogP contribution is -2.55. The fourth-order valence-electron chi connectivity index (χ4n) is 3.47. The molecule has 1 amide bonds. The van der Waals surface area contributed by atoms with Gasteiger partial charge < -0.3 is 15.7 Å². The number of anilines is 1. The first-order chi connectivity index (χ1) is 10.2. The van der Waals surface area contributed by atoms with Gasteiger partial charge in [-0.05, 0) is 61.9 Å². The topological polar surface area (TPSA) is 73.4 Å². The Kier molecular flexibility index (Phi) is 4.01. The van der Waals surface area contributed by atoms with Crippen molar-refractivity contribution in [3.63, 3.8) is 0 Å². The molecular weight excluding hydrogens is 266 g/mol. The number of nitrogens with one attached hydrogen (secondary N) is 3. The standard InChI is InChI=1S/C16H23N3O2/c20-15(21)19-16(7-2-1-3-8-16)18-14-5-4-13-11-17-9-6-12(13)10-14/h4-5,10,17-19H,1-3,6-9,11H2,(H,20,21). The van der Waals surface area contributed by atoms with Gasteiger partial charge in [-0.1, -0.05) is 12.5 Å². The Balaban J connectivity index is 1.80. The molecule has 1 aliphatic heterocycles. The lowest BCUT2D eigenvalue weighted by molar-refractivity contribution is 0.170. The molecule has 1 aromatic rings. The van der Waals surface area contributed by atoms with Crippen molar-refractivity contribution in [2.75, 3.05) is 11.9 Å². The lowest BCUT2D eigenvalue weighted by Gasteiger charge is -2.39. The second-order valence-corrected chi connectivity index (χ2v) is 6.11. The molecule has 0 spiro atoms. The summed E-state index contributed by atoms with van der Waals surface area (Å²) in [6.07, 6.45) is 5.07. The number of benzene rings is 1. The van der Waals surface area contributed by atoms with Crippen molar-refractivity contribution in [2.45, 2.75) is 50.7 Å². The van der Waals surface area contributed by atoms with Gasteiger partial charge in [0.15, 0.2) is 0 Å². The molecule has 1 heterocycles. The van der Waals surface area contributed by atoms with E-state index in [1.807, 2.05) is 0 Å². The summed E-state index contributed by atoms with van der Waals surface area (Å²) in [6, 6.07) is 6.38. The Morgan fingerprint density at radius 1 is 1.19 bits per heavy atom. The van der Waals surface area contributed by atoms with Crippen LogP contribution in [0.25, 0.3) is 0 Å². The third-order valence-electron chi connectivity index (χ3n) is 4.53. The highest BCUT2D eigenvalue weighted by Gasteiger charge is 2.33. The first-order valence-electron chi connectivity index (χ1n) is 7.79. The summed E-state index contributed by atoms with van der Waals surface area (Å²) in [5.74, 6) is 0. The van der Waals surface area contributed by atoms with Crippen LogP contribution in [0.5, 0.6) is 0 Å². The van der Waals surface area contributed by atoms with Gasteiger partial charge in [0.05, 0.1) is 0 Å². The van der Waals surface area contributed by atoms with Crippen molar-refractivity contribution in [1.29, 1.82) is 0 Å². The summed E-state index contributed by atoms with van der Waals surface area (Å²) in [4.78, 5) is 11.1. The van der Waals surface area contributed by atoms with Gasteiger partial charge in [0, 0.05) is 12.2 Å². The number of hydrogen-bond donors (Lipinski definition) is 4. The monoisotopic (exact) mass is 289 g/mol. The molecule has 5 nitrogen and oxygen atoms in total. The van der Waals surface area contributed by atoms with Gasteiger partial charge in [0.25, 0.3) is 0 Å². The maximum absolute atomic E-state index is 11.1. The van der Waals surface area contributed by atoms with Crippen LogP contribution in [0.4, 0.5) is 10.5 Å². The van der Waals surface area contributed by atoms with E-state index in [1.165, 1.54) is 17.5 Å². The van der Waals surface area contributed by atoms with E-state index in [0.717, 1.165) is 50.9 Å². The maximum atomic E-state index is 11.1. The number of amides is 1. The van der Waals surface area contributed by atoms with Crippen LogP contribution in [-0.4, -0.2) is 23.4 Å². The molecule has 1 fully saturated rings. The Morgan fingerprint density at radius 2 is 2.00 bits per heavy atom. The quantitative estimate of drug-likeness (QED) is 0.646. The molecule has 4 N–H and O–H groups in total. The minimum atomic E-state index is -0.952. The van der Waals surface area contributed by atoms with Gasteiger partial charge in [-0.25, -0.2) is 4.79 Å². The summed E-state index contributed by atoms with van der Waals surface area (Å²) in [5.41, 5.74) is 3.22. The summed E-state index contributed by atoms with van der Waals surface area (Å²) in [6.45, 7) is 1.93. The van der Waals surface area contributed by atoms with E-state index in [-0.39, 0.29) is 0 Å². The second kappa shape index (κ2) is 5.93. The smallest absolute Gasteiger partial charge is 0.406 e. The van der Waals surface area contributed by atoms with E-state index < -0.39 is 11.8 Å². The van der Waals surface area contributed by atoms with Crippen LogP contribution in [0, 0.1) is 0 Å². The van der Waals surface area contributed by atoms with E-state index >= 15 is 0 Å². The van der Waals surface area contributed by atoms with Crippen LogP contribution in [0.15, 0.2) is 18.2 Å². The third kappa shape index (κ3) is 3.29. The number of hydrogen-bond acceptors (Lipinski definition) is 3. The first-order valence-corrected chi connectivity index (χ1v) is 7.79. The Bertz CT molecular complexity index is 524. The predicted octanol–water partition coefficient (Wildman–Crippen LogP) is 2.67. The molecule has 2 aliphatic rings. The van der Waals surface area contributed by atoms with Crippen LogP contribution in [0.2, 0.25) is 0 Å². The zero-order valence-electron chi connectivity index (χ0n) is 12.2. The largest absolute Gasteiger partial charge is 0.465 e. The van der Waals surface area contributed by atoms with Gasteiger partial charge in [0.1, 0.15) is 5.66 Å². The summed E-state index contributed by atoms with van der Waals surface area (Å²) >= 11 is 0. The van der Waals surface area contributed by atoms with Crippen LogP contribution < -0.4 is 16.0 Å². The normalized spacial score (nSPS) is 20.4. The van der Waals surface area contributed by atoms with Gasteiger partial charge >= 0.3 is 6.09 Å². The predicted molar refractivity (Wildman–Crippen MR) is 82.5 cm³/mol. The Labute approximate surface area is 125 Å². The van der Waals surface area contributed by atoms with E-state index in [4.69, 9.17) is 5.11 Å². The fourth-order valence-corrected chi connectivity index (χ4v) is 3.47. The molecule has 1 aromatic carbocycles. The average molecular weight is 289 g/mol. The zero-order chi connectivity index (χ0) is 14.7. The van der Waals surface area contributed by atoms with Crippen LogP contribution in [-0.2, 0) is 13.0 Å². The van der Waals surface area contributed by atoms with Gasteiger partial charge in [-0.3, -0.25) is 5.32 Å². The SMILES string of the molecule is O=C(O)NC1(Nc2ccc3c(c2)CCNC3)CCCCC1. The fraction of sp³-hybridized carbons (Fsp3) is 0.562. The van der Waals surface area contributed by atoms with E-state index in [9.17, 15) is 4.79 Å². The van der Waals surface area contributed by atoms with E-state index in [1.54, 1.807) is 0 Å². The van der Waals surface area contributed by atoms with Gasteiger partial charge in [0.2, 0.25) is 0 Å². The molecule has 1 saturated carbocycles. The van der Waals surface area contributed by atoms with Crippen molar-refractivity contribution >= 4 is 11.8 Å². The van der Waals surface area contributed by atoms with Crippen molar-refractivity contribution in [3.8, 4) is 0 Å². The Hall–Kier alpha value is -1.75. The highest BCUT2D eigenvalue weighted by atomic mass is 16.4. The molecule has 0 aromatic heterocycles. The minimum absolute atomic E-state index is 0.509. The highest BCUT2D eigenvalue weighted by molar-refractivity contribution is 5.67. The summed E-state index contributed by atoms with van der Waals surface area (Å²) < 4.78 is 0. The molecule has 0 unspecified atom stereocenters. The number of carbonyl (C=O) groups is 1. The van der Waals surface area contributed by atoms with E-state index in [0.29, 0.717) is 0 Å². The van der Waals surface area contributed by atoms with Crippen LogP contribution in [0.3, 0.4) is 0 Å². The molecule has 114 valence electrons. The molecular formula is C16H23N3O2. The molecule has 21 heavy (non-hydrogen) atoms. The first kappa shape index (κ1) is 14.2. The zero-order valence-corrected chi connectivity index (χ0v) is 12.2. The molecule has 0 saturated heterocycles. The lowest BCUT2D eigenvalue weighted by atomic mass is 9.88. The molecule has 1 aliphatic carbocycles. The van der Waals surface area contributed by atoms with Crippen LogP contribution >= 0.6 is 0 Å². The summed E-state index contributed by atoms with van der Waals surface area (Å²) in [5, 5.41) is 18.7. The van der Waals surface area contributed by atoms with E-state index in [2.05, 4.69) is 34.1 Å². The van der Waals surface area contributed by atoms with Crippen molar-refractivity contribution in [3.05, 3.63) is 29.3 Å². The average Bonchev–Trinajstić information content (AvgIpc) is 2.47. The third-order valence-corrected chi connectivity index (χ3v) is 4.53.